The molecule has 0 atom stereocenters. The smallest absolute Gasteiger partial charge is 0.253 e. The summed E-state index contributed by atoms with van der Waals surface area (Å²) in [5.74, 6) is 0.595. The molecule has 0 saturated carbocycles. The van der Waals surface area contributed by atoms with Crippen LogP contribution in [0.4, 0.5) is 0 Å². The van der Waals surface area contributed by atoms with Crippen molar-refractivity contribution in [3.8, 4) is 5.75 Å². The number of Topliss-reactive ketones (excluding diaryl/α,β-unsaturated/α-hetero) is 1. The first kappa shape index (κ1) is 22.9. The number of fused-ring (bicyclic) bond motifs is 1. The van der Waals surface area contributed by atoms with E-state index >= 15 is 0 Å². The number of amides is 1. The van der Waals surface area contributed by atoms with Crippen LogP contribution in [0.15, 0.2) is 36.5 Å². The molecule has 0 bridgehead atoms. The summed E-state index contributed by atoms with van der Waals surface area (Å²) >= 11 is 0. The van der Waals surface area contributed by atoms with Crippen molar-refractivity contribution in [1.82, 2.24) is 24.4 Å². The maximum absolute atomic E-state index is 13.2. The van der Waals surface area contributed by atoms with Gasteiger partial charge in [0.25, 0.3) is 5.91 Å². The highest BCUT2D eigenvalue weighted by Crippen LogP contribution is 2.25. The van der Waals surface area contributed by atoms with E-state index < -0.39 is 0 Å². The third-order valence-corrected chi connectivity index (χ3v) is 6.08. The quantitative estimate of drug-likeness (QED) is 0.516. The topological polar surface area (TPSA) is 80.0 Å². The molecule has 1 aliphatic rings. The van der Waals surface area contributed by atoms with Crippen LogP contribution in [-0.4, -0.2) is 76.4 Å². The normalized spacial score (nSPS) is 14.8. The molecule has 1 amide bonds. The number of hydrogen-bond acceptors (Lipinski definition) is 6. The number of likely N-dealkylation sites (tertiary alicyclic amines) is 1. The van der Waals surface area contributed by atoms with Gasteiger partial charge in [-0.3, -0.25) is 9.59 Å². The fourth-order valence-corrected chi connectivity index (χ4v) is 4.26. The summed E-state index contributed by atoms with van der Waals surface area (Å²) in [6.45, 7) is 6.34. The summed E-state index contributed by atoms with van der Waals surface area (Å²) in [5, 5.41) is 4.35. The molecule has 0 aliphatic carbocycles. The molecular weight excluding hydrogens is 418 g/mol. The molecule has 2 aromatic heterocycles. The number of ketones is 1. The maximum Gasteiger partial charge on any atom is 0.253 e. The first-order valence-electron chi connectivity index (χ1n) is 11.4. The number of nitrogens with zero attached hydrogens (tertiary/aromatic N) is 5. The second kappa shape index (κ2) is 9.70. The number of carbonyl (C=O) groups excluding carboxylic acids is 2. The minimum absolute atomic E-state index is 0.0251. The number of piperidine rings is 1. The van der Waals surface area contributed by atoms with E-state index in [1.807, 2.05) is 62.0 Å². The van der Waals surface area contributed by atoms with Gasteiger partial charge in [0, 0.05) is 42.5 Å². The van der Waals surface area contributed by atoms with Crippen molar-refractivity contribution >= 4 is 17.3 Å². The molecule has 0 unspecified atom stereocenters. The van der Waals surface area contributed by atoms with Gasteiger partial charge in [0.1, 0.15) is 12.4 Å². The van der Waals surface area contributed by atoms with Crippen LogP contribution in [-0.2, 0) is 0 Å². The van der Waals surface area contributed by atoms with Gasteiger partial charge in [0.15, 0.2) is 11.4 Å². The van der Waals surface area contributed by atoms with Crippen LogP contribution in [0, 0.1) is 19.8 Å². The van der Waals surface area contributed by atoms with Crippen molar-refractivity contribution in [3.63, 3.8) is 0 Å². The van der Waals surface area contributed by atoms with E-state index in [4.69, 9.17) is 4.74 Å². The van der Waals surface area contributed by atoms with Crippen molar-refractivity contribution in [2.45, 2.75) is 26.7 Å². The molecule has 0 N–H and O–H groups in total. The Morgan fingerprint density at radius 2 is 1.91 bits per heavy atom. The molecule has 1 fully saturated rings. The summed E-state index contributed by atoms with van der Waals surface area (Å²) in [5.41, 5.74) is 3.60. The van der Waals surface area contributed by atoms with Crippen molar-refractivity contribution in [2.24, 2.45) is 5.92 Å². The minimum atomic E-state index is -0.134. The summed E-state index contributed by atoms with van der Waals surface area (Å²) < 4.78 is 7.48. The number of aryl methyl sites for hydroxylation is 2. The van der Waals surface area contributed by atoms with E-state index in [9.17, 15) is 9.59 Å². The molecule has 4 rings (SSSR count). The SMILES string of the molecule is Cc1cc(C)n2ncc(C(=O)C3CCN(C(=O)c4cccc(OCCN(C)C)c4)CC3)c2n1. The lowest BCUT2D eigenvalue weighted by atomic mass is 9.89. The lowest BCUT2D eigenvalue weighted by Crippen LogP contribution is -2.40. The van der Waals surface area contributed by atoms with Crippen LogP contribution >= 0.6 is 0 Å². The number of benzene rings is 1. The van der Waals surface area contributed by atoms with Crippen molar-refractivity contribution in [3.05, 3.63) is 59.0 Å². The van der Waals surface area contributed by atoms with E-state index in [1.54, 1.807) is 16.8 Å². The Hall–Kier alpha value is -3.26. The maximum atomic E-state index is 13.2. The number of hydrogen-bond donors (Lipinski definition) is 0. The Morgan fingerprint density at radius 1 is 1.15 bits per heavy atom. The van der Waals surface area contributed by atoms with Gasteiger partial charge in [0.05, 0.1) is 11.8 Å². The first-order valence-corrected chi connectivity index (χ1v) is 11.4. The van der Waals surface area contributed by atoms with Crippen molar-refractivity contribution in [2.75, 3.05) is 40.3 Å². The molecule has 3 aromatic rings. The highest BCUT2D eigenvalue weighted by Gasteiger charge is 2.30. The van der Waals surface area contributed by atoms with Gasteiger partial charge in [-0.05, 0) is 65.0 Å². The molecule has 1 saturated heterocycles. The van der Waals surface area contributed by atoms with E-state index in [1.165, 1.54) is 0 Å². The van der Waals surface area contributed by atoms with E-state index in [0.717, 1.165) is 17.9 Å². The van der Waals surface area contributed by atoms with E-state index in [-0.39, 0.29) is 17.6 Å². The molecule has 1 aliphatic heterocycles. The van der Waals surface area contributed by atoms with Crippen molar-refractivity contribution < 1.29 is 14.3 Å². The van der Waals surface area contributed by atoms with Crippen LogP contribution in [0.25, 0.3) is 5.65 Å². The van der Waals surface area contributed by atoms with Crippen LogP contribution in [0.5, 0.6) is 5.75 Å². The van der Waals surface area contributed by atoms with Crippen LogP contribution in [0.2, 0.25) is 0 Å². The molecular formula is C25H31N5O3. The highest BCUT2D eigenvalue weighted by molar-refractivity contribution is 6.03. The van der Waals surface area contributed by atoms with E-state index in [0.29, 0.717) is 55.1 Å². The third-order valence-electron chi connectivity index (χ3n) is 6.08. The molecule has 1 aromatic carbocycles. The van der Waals surface area contributed by atoms with Gasteiger partial charge in [0.2, 0.25) is 0 Å². The molecule has 8 heteroatoms. The number of rotatable bonds is 7. The fourth-order valence-electron chi connectivity index (χ4n) is 4.26. The Balaban J connectivity index is 1.39. The van der Waals surface area contributed by atoms with Gasteiger partial charge in [-0.25, -0.2) is 9.50 Å². The van der Waals surface area contributed by atoms with Gasteiger partial charge in [-0.2, -0.15) is 5.10 Å². The monoisotopic (exact) mass is 449 g/mol. The Bertz CT molecular complexity index is 1160. The van der Waals surface area contributed by atoms with Crippen LogP contribution < -0.4 is 4.74 Å². The fraction of sp³-hybridized carbons (Fsp3) is 0.440. The Morgan fingerprint density at radius 3 is 2.64 bits per heavy atom. The molecule has 174 valence electrons. The minimum Gasteiger partial charge on any atom is -0.492 e. The zero-order valence-electron chi connectivity index (χ0n) is 19.7. The van der Waals surface area contributed by atoms with Gasteiger partial charge >= 0.3 is 0 Å². The van der Waals surface area contributed by atoms with Crippen LogP contribution in [0.3, 0.4) is 0 Å². The standard InChI is InChI=1S/C25H31N5O3/c1-17-14-18(2)30-24(27-17)22(16-26-30)23(31)19-8-10-29(11-9-19)25(32)20-6-5-7-21(15-20)33-13-12-28(3)4/h5-7,14-16,19H,8-13H2,1-4H3. The number of ether oxygens (including phenoxy) is 1. The average Bonchev–Trinajstić information content (AvgIpc) is 3.22. The second-order valence-corrected chi connectivity index (χ2v) is 8.94. The second-order valence-electron chi connectivity index (χ2n) is 8.94. The van der Waals surface area contributed by atoms with Crippen molar-refractivity contribution in [1.29, 1.82) is 0 Å². The van der Waals surface area contributed by atoms with E-state index in [2.05, 4.69) is 10.1 Å². The van der Waals surface area contributed by atoms with Gasteiger partial charge in [-0.1, -0.05) is 6.07 Å². The predicted molar refractivity (Wildman–Crippen MR) is 126 cm³/mol. The molecule has 33 heavy (non-hydrogen) atoms. The molecule has 0 radical (unpaired) electrons. The third kappa shape index (κ3) is 5.06. The Kier molecular flexibility index (Phi) is 6.74. The molecule has 0 spiro atoms. The largest absolute Gasteiger partial charge is 0.492 e. The van der Waals surface area contributed by atoms with Crippen LogP contribution in [0.1, 0.15) is 44.9 Å². The van der Waals surface area contributed by atoms with Gasteiger partial charge in [-0.15, -0.1) is 0 Å². The zero-order valence-corrected chi connectivity index (χ0v) is 19.7. The highest BCUT2D eigenvalue weighted by atomic mass is 16.5. The average molecular weight is 450 g/mol. The zero-order chi connectivity index (χ0) is 23.5. The summed E-state index contributed by atoms with van der Waals surface area (Å²) in [6.07, 6.45) is 2.88. The molecule has 8 nitrogen and oxygen atoms in total. The lowest BCUT2D eigenvalue weighted by molar-refractivity contribution is 0.0650. The number of aromatic nitrogens is 3. The first-order chi connectivity index (χ1) is 15.8. The Labute approximate surface area is 194 Å². The summed E-state index contributed by atoms with van der Waals surface area (Å²) in [6, 6.07) is 9.26. The predicted octanol–water partition coefficient (Wildman–Crippen LogP) is 3.02. The van der Waals surface area contributed by atoms with Gasteiger partial charge < -0.3 is 14.5 Å². The number of likely N-dealkylation sites (N-methyl/N-ethyl adjacent to an activating group) is 1. The summed E-state index contributed by atoms with van der Waals surface area (Å²) in [7, 11) is 3.98. The number of carbonyl (C=O) groups is 2. The lowest BCUT2D eigenvalue weighted by Gasteiger charge is -2.31. The molecule has 3 heterocycles. The summed E-state index contributed by atoms with van der Waals surface area (Å²) in [4.78, 5) is 34.7.